The Labute approximate surface area is 202 Å². The summed E-state index contributed by atoms with van der Waals surface area (Å²) in [5.74, 6) is -0.738. The molecule has 1 aliphatic heterocycles. The SMILES string of the molecule is CN1CCC(c2[nH]ncc2-c2csc(CNC(=O)C3(CC(=O)O)Cc4ccccc4C3)n2)CC1. The lowest BCUT2D eigenvalue weighted by atomic mass is 9.80. The van der Waals surface area contributed by atoms with Crippen molar-refractivity contribution in [2.45, 2.75) is 44.6 Å². The predicted molar refractivity (Wildman–Crippen MR) is 130 cm³/mol. The Morgan fingerprint density at radius 3 is 2.62 bits per heavy atom. The third-order valence-corrected chi connectivity index (χ3v) is 8.02. The Bertz CT molecular complexity index is 1170. The van der Waals surface area contributed by atoms with Crippen LogP contribution < -0.4 is 5.32 Å². The number of fused-ring (bicyclic) bond motifs is 1. The Morgan fingerprint density at radius 2 is 1.94 bits per heavy atom. The highest BCUT2D eigenvalue weighted by Gasteiger charge is 2.45. The van der Waals surface area contributed by atoms with E-state index >= 15 is 0 Å². The van der Waals surface area contributed by atoms with Crippen molar-refractivity contribution in [3.63, 3.8) is 0 Å². The smallest absolute Gasteiger partial charge is 0.304 e. The minimum Gasteiger partial charge on any atom is -0.481 e. The third-order valence-electron chi connectivity index (χ3n) is 7.17. The molecule has 3 heterocycles. The predicted octanol–water partition coefficient (Wildman–Crippen LogP) is 3.22. The second-order valence-corrected chi connectivity index (χ2v) is 10.5. The van der Waals surface area contributed by atoms with Gasteiger partial charge in [-0.25, -0.2) is 4.98 Å². The van der Waals surface area contributed by atoms with Crippen molar-refractivity contribution in [3.8, 4) is 11.3 Å². The van der Waals surface area contributed by atoms with Gasteiger partial charge in [0.1, 0.15) is 5.01 Å². The molecule has 0 unspecified atom stereocenters. The van der Waals surface area contributed by atoms with E-state index in [1.165, 1.54) is 11.3 Å². The average molecular weight is 480 g/mol. The number of likely N-dealkylation sites (tertiary alicyclic amines) is 1. The van der Waals surface area contributed by atoms with E-state index < -0.39 is 11.4 Å². The Morgan fingerprint density at radius 1 is 1.24 bits per heavy atom. The van der Waals surface area contributed by atoms with Crippen LogP contribution in [0.4, 0.5) is 0 Å². The standard InChI is InChI=1S/C25H29N5O3S/c1-30-8-6-16(7-9-30)23-19(13-27-29-23)20-15-34-21(28-20)14-26-24(33)25(12-22(31)32)10-17-4-2-3-5-18(17)11-25/h2-5,13,15-16H,6-12,14H2,1H3,(H,26,33)(H,27,29)(H,31,32). The first kappa shape index (κ1) is 22.7. The highest BCUT2D eigenvalue weighted by Crippen LogP contribution is 2.40. The van der Waals surface area contributed by atoms with Crippen LogP contribution >= 0.6 is 11.3 Å². The number of aliphatic carboxylic acids is 1. The molecule has 0 radical (unpaired) electrons. The van der Waals surface area contributed by atoms with Crippen LogP contribution in [0.3, 0.4) is 0 Å². The zero-order valence-corrected chi connectivity index (χ0v) is 20.0. The maximum absolute atomic E-state index is 13.3. The molecule has 0 atom stereocenters. The van der Waals surface area contributed by atoms with Crippen molar-refractivity contribution in [1.82, 2.24) is 25.4 Å². The molecule has 0 bridgehead atoms. The van der Waals surface area contributed by atoms with E-state index in [0.29, 0.717) is 18.8 Å². The van der Waals surface area contributed by atoms with Gasteiger partial charge < -0.3 is 15.3 Å². The quantitative estimate of drug-likeness (QED) is 0.480. The summed E-state index contributed by atoms with van der Waals surface area (Å²) in [7, 11) is 2.15. The first-order valence-corrected chi connectivity index (χ1v) is 12.5. The molecule has 1 fully saturated rings. The van der Waals surface area contributed by atoms with E-state index in [0.717, 1.165) is 59.0 Å². The number of aromatic amines is 1. The van der Waals surface area contributed by atoms with E-state index in [9.17, 15) is 14.7 Å². The summed E-state index contributed by atoms with van der Waals surface area (Å²) in [4.78, 5) is 32.0. The molecule has 0 spiro atoms. The van der Waals surface area contributed by atoms with Crippen LogP contribution in [-0.2, 0) is 29.0 Å². The average Bonchev–Trinajstić information content (AvgIpc) is 3.55. The summed E-state index contributed by atoms with van der Waals surface area (Å²) in [5.41, 5.74) is 4.18. The number of thiazole rings is 1. The van der Waals surface area contributed by atoms with Crippen molar-refractivity contribution >= 4 is 23.2 Å². The number of carbonyl (C=O) groups excluding carboxylic acids is 1. The van der Waals surface area contributed by atoms with Gasteiger partial charge in [-0.1, -0.05) is 24.3 Å². The molecule has 5 rings (SSSR count). The summed E-state index contributed by atoms with van der Waals surface area (Å²) in [6.07, 6.45) is 4.71. The molecule has 1 amide bonds. The van der Waals surface area contributed by atoms with Gasteiger partial charge in [-0.3, -0.25) is 14.7 Å². The molecule has 178 valence electrons. The number of hydrogen-bond donors (Lipinski definition) is 3. The molecule has 2 aliphatic rings. The maximum Gasteiger partial charge on any atom is 0.304 e. The van der Waals surface area contributed by atoms with Gasteiger partial charge in [-0.05, 0) is 56.9 Å². The Balaban J connectivity index is 1.27. The van der Waals surface area contributed by atoms with Crippen molar-refractivity contribution in [2.24, 2.45) is 5.41 Å². The topological polar surface area (TPSA) is 111 Å². The fraction of sp³-hybridized carbons (Fsp3) is 0.440. The van der Waals surface area contributed by atoms with E-state index in [1.807, 2.05) is 35.8 Å². The van der Waals surface area contributed by atoms with Gasteiger partial charge in [-0.2, -0.15) is 5.10 Å². The summed E-state index contributed by atoms with van der Waals surface area (Å²) >= 11 is 1.50. The number of piperidine rings is 1. The molecule has 9 heteroatoms. The zero-order chi connectivity index (χ0) is 23.7. The van der Waals surface area contributed by atoms with E-state index in [1.54, 1.807) is 0 Å². The highest BCUT2D eigenvalue weighted by molar-refractivity contribution is 7.09. The van der Waals surface area contributed by atoms with Gasteiger partial charge in [0.05, 0.1) is 30.3 Å². The summed E-state index contributed by atoms with van der Waals surface area (Å²) in [6, 6.07) is 7.82. The molecule has 3 aromatic rings. The van der Waals surface area contributed by atoms with Gasteiger partial charge >= 0.3 is 5.97 Å². The van der Waals surface area contributed by atoms with Crippen LogP contribution in [0.5, 0.6) is 0 Å². The third kappa shape index (κ3) is 4.50. The summed E-state index contributed by atoms with van der Waals surface area (Å²) in [6.45, 7) is 2.42. The molecule has 2 aromatic heterocycles. The first-order chi connectivity index (χ1) is 16.4. The second-order valence-electron chi connectivity index (χ2n) is 9.56. The largest absolute Gasteiger partial charge is 0.481 e. The molecular weight excluding hydrogens is 450 g/mol. The zero-order valence-electron chi connectivity index (χ0n) is 19.2. The van der Waals surface area contributed by atoms with Gasteiger partial charge in [-0.15, -0.1) is 11.3 Å². The number of carbonyl (C=O) groups is 2. The van der Waals surface area contributed by atoms with E-state index in [2.05, 4.69) is 27.5 Å². The van der Waals surface area contributed by atoms with Crippen LogP contribution in [0.1, 0.15) is 47.0 Å². The Kier molecular flexibility index (Phi) is 6.22. The minimum atomic E-state index is -0.958. The first-order valence-electron chi connectivity index (χ1n) is 11.7. The second kappa shape index (κ2) is 9.31. The van der Waals surface area contributed by atoms with Gasteiger partial charge in [0.15, 0.2) is 0 Å². The number of aromatic nitrogens is 3. The fourth-order valence-electron chi connectivity index (χ4n) is 5.32. The molecule has 1 aliphatic carbocycles. The number of amides is 1. The van der Waals surface area contributed by atoms with Crippen molar-refractivity contribution < 1.29 is 14.7 Å². The molecule has 8 nitrogen and oxygen atoms in total. The van der Waals surface area contributed by atoms with Crippen LogP contribution in [0.2, 0.25) is 0 Å². The minimum absolute atomic E-state index is 0.189. The van der Waals surface area contributed by atoms with Crippen LogP contribution in [0.25, 0.3) is 11.3 Å². The van der Waals surface area contributed by atoms with Gasteiger partial charge in [0.2, 0.25) is 5.91 Å². The normalized spacial score (nSPS) is 18.0. The molecule has 1 saturated heterocycles. The lowest BCUT2D eigenvalue weighted by Gasteiger charge is -2.28. The number of H-pyrrole nitrogens is 1. The molecule has 1 aromatic carbocycles. The summed E-state index contributed by atoms with van der Waals surface area (Å²) in [5, 5.41) is 22.8. The van der Waals surface area contributed by atoms with Crippen molar-refractivity contribution in [1.29, 1.82) is 0 Å². The Hall–Kier alpha value is -3.04. The number of nitrogens with one attached hydrogen (secondary N) is 2. The number of carboxylic acids is 1. The van der Waals surface area contributed by atoms with Gasteiger partial charge in [0.25, 0.3) is 0 Å². The number of hydrogen-bond acceptors (Lipinski definition) is 6. The summed E-state index contributed by atoms with van der Waals surface area (Å²) < 4.78 is 0. The number of benzene rings is 1. The van der Waals surface area contributed by atoms with Crippen LogP contribution in [0, 0.1) is 5.41 Å². The fourth-order valence-corrected chi connectivity index (χ4v) is 6.05. The lowest BCUT2D eigenvalue weighted by Crippen LogP contribution is -2.43. The molecule has 0 saturated carbocycles. The maximum atomic E-state index is 13.3. The lowest BCUT2D eigenvalue weighted by molar-refractivity contribution is -0.145. The molecule has 34 heavy (non-hydrogen) atoms. The van der Waals surface area contributed by atoms with Gasteiger partial charge in [0, 0.05) is 22.6 Å². The van der Waals surface area contributed by atoms with E-state index in [-0.39, 0.29) is 18.9 Å². The highest BCUT2D eigenvalue weighted by atomic mass is 32.1. The van der Waals surface area contributed by atoms with Crippen molar-refractivity contribution in [3.05, 3.63) is 57.7 Å². The van der Waals surface area contributed by atoms with Crippen LogP contribution in [0.15, 0.2) is 35.8 Å². The number of nitrogens with zero attached hydrogens (tertiary/aromatic N) is 3. The number of rotatable bonds is 7. The van der Waals surface area contributed by atoms with Crippen molar-refractivity contribution in [2.75, 3.05) is 20.1 Å². The van der Waals surface area contributed by atoms with E-state index in [4.69, 9.17) is 4.98 Å². The monoisotopic (exact) mass is 479 g/mol. The number of carboxylic acid groups (broad SMARTS) is 1. The molecular formula is C25H29N5O3S. The van der Waals surface area contributed by atoms with Crippen LogP contribution in [-0.4, -0.2) is 57.2 Å². The molecule has 3 N–H and O–H groups in total.